The highest BCUT2D eigenvalue weighted by atomic mass is 79.9. The average Bonchev–Trinajstić information content (AvgIpc) is 2.47. The summed E-state index contributed by atoms with van der Waals surface area (Å²) in [7, 11) is 0. The van der Waals surface area contributed by atoms with Crippen molar-refractivity contribution in [3.8, 4) is 5.75 Å². The fourth-order valence-electron chi connectivity index (χ4n) is 3.28. The number of aromatic hydroxyl groups is 1. The van der Waals surface area contributed by atoms with Crippen molar-refractivity contribution in [3.05, 3.63) is 52.5 Å². The van der Waals surface area contributed by atoms with Gasteiger partial charge in [0.25, 0.3) is 0 Å². The van der Waals surface area contributed by atoms with Gasteiger partial charge in [-0.3, -0.25) is 0 Å². The van der Waals surface area contributed by atoms with Crippen molar-refractivity contribution >= 4 is 48.2 Å². The second kappa shape index (κ2) is 4.36. The van der Waals surface area contributed by atoms with E-state index in [0.717, 1.165) is 15.2 Å². The fourth-order valence-corrected chi connectivity index (χ4v) is 3.72. The van der Waals surface area contributed by atoms with E-state index in [9.17, 15) is 5.11 Å². The number of phenolic OH excluding ortho intramolecular Hbond substituents is 1. The highest BCUT2D eigenvalue weighted by Crippen LogP contribution is 2.42. The predicted molar refractivity (Wildman–Crippen MR) is 98.2 cm³/mol. The minimum atomic E-state index is 0.128. The van der Waals surface area contributed by atoms with Crippen LogP contribution in [0.5, 0.6) is 5.75 Å². The van der Waals surface area contributed by atoms with Crippen molar-refractivity contribution in [1.82, 2.24) is 0 Å². The minimum absolute atomic E-state index is 0.128. The summed E-state index contributed by atoms with van der Waals surface area (Å²) in [6.45, 7) is 6.73. The highest BCUT2D eigenvalue weighted by Gasteiger charge is 2.18. The Morgan fingerprint density at radius 1 is 0.818 bits per heavy atom. The quantitative estimate of drug-likeness (QED) is 0.365. The summed E-state index contributed by atoms with van der Waals surface area (Å²) < 4.78 is 0.772. The van der Waals surface area contributed by atoms with Crippen molar-refractivity contribution in [1.29, 1.82) is 0 Å². The first-order chi connectivity index (χ1) is 10.4. The number of hydrogen-bond donors (Lipinski definition) is 1. The lowest BCUT2D eigenvalue weighted by Crippen LogP contribution is -2.10. The Balaban J connectivity index is 2.25. The van der Waals surface area contributed by atoms with E-state index in [2.05, 4.69) is 73.1 Å². The van der Waals surface area contributed by atoms with E-state index in [1.807, 2.05) is 6.07 Å². The normalized spacial score (nSPS) is 12.7. The molecule has 22 heavy (non-hydrogen) atoms. The molecular formula is C20H17BrO. The Labute approximate surface area is 138 Å². The van der Waals surface area contributed by atoms with Crippen LogP contribution in [-0.2, 0) is 5.41 Å². The maximum atomic E-state index is 10.1. The molecule has 0 aliphatic heterocycles. The summed E-state index contributed by atoms with van der Waals surface area (Å²) in [5.41, 5.74) is 1.48. The summed E-state index contributed by atoms with van der Waals surface area (Å²) in [4.78, 5) is 0. The van der Waals surface area contributed by atoms with Crippen molar-refractivity contribution in [3.63, 3.8) is 0 Å². The molecule has 110 valence electrons. The van der Waals surface area contributed by atoms with Gasteiger partial charge in [-0.15, -0.1) is 0 Å². The van der Waals surface area contributed by atoms with Crippen molar-refractivity contribution in [2.75, 3.05) is 0 Å². The van der Waals surface area contributed by atoms with Crippen molar-refractivity contribution < 1.29 is 5.11 Å². The highest BCUT2D eigenvalue weighted by molar-refractivity contribution is 9.10. The Morgan fingerprint density at radius 2 is 1.36 bits per heavy atom. The minimum Gasteiger partial charge on any atom is -0.507 e. The smallest absolute Gasteiger partial charge is 0.131 e. The molecule has 0 bridgehead atoms. The van der Waals surface area contributed by atoms with Crippen LogP contribution in [0.25, 0.3) is 32.3 Å². The van der Waals surface area contributed by atoms with Crippen LogP contribution in [-0.4, -0.2) is 5.11 Å². The molecule has 0 saturated heterocycles. The molecule has 0 atom stereocenters. The van der Waals surface area contributed by atoms with E-state index in [1.165, 1.54) is 27.1 Å². The molecule has 0 aliphatic carbocycles. The first kappa shape index (κ1) is 13.8. The summed E-state index contributed by atoms with van der Waals surface area (Å²) in [5, 5.41) is 17.3. The standard InChI is InChI=1S/C20H17BrO/c1-20(2,3)14-8-11-4-5-13-10-16(22)19(21)15-7-6-12(9-14)17(11)18(13)15/h4-10,22H,1-3H3. The Hall–Kier alpha value is -1.80. The second-order valence-electron chi connectivity index (χ2n) is 7.03. The van der Waals surface area contributed by atoms with Crippen LogP contribution < -0.4 is 0 Å². The van der Waals surface area contributed by atoms with Gasteiger partial charge < -0.3 is 5.11 Å². The molecular weight excluding hydrogens is 336 g/mol. The number of rotatable bonds is 0. The number of halogens is 1. The van der Waals surface area contributed by atoms with Crippen LogP contribution in [0.2, 0.25) is 0 Å². The van der Waals surface area contributed by atoms with E-state index < -0.39 is 0 Å². The van der Waals surface area contributed by atoms with Gasteiger partial charge >= 0.3 is 0 Å². The van der Waals surface area contributed by atoms with Crippen LogP contribution in [0, 0.1) is 0 Å². The maximum absolute atomic E-state index is 10.1. The lowest BCUT2D eigenvalue weighted by molar-refractivity contribution is 0.473. The van der Waals surface area contributed by atoms with E-state index in [1.54, 1.807) is 0 Å². The van der Waals surface area contributed by atoms with Gasteiger partial charge in [-0.2, -0.15) is 0 Å². The first-order valence-corrected chi connectivity index (χ1v) is 8.26. The Kier molecular flexibility index (Phi) is 2.74. The monoisotopic (exact) mass is 352 g/mol. The third-order valence-corrected chi connectivity index (χ3v) is 5.33. The maximum Gasteiger partial charge on any atom is 0.131 e. The predicted octanol–water partition coefficient (Wildman–Crippen LogP) is 6.35. The first-order valence-electron chi connectivity index (χ1n) is 7.47. The van der Waals surface area contributed by atoms with Gasteiger partial charge in [-0.05, 0) is 59.9 Å². The van der Waals surface area contributed by atoms with E-state index >= 15 is 0 Å². The summed E-state index contributed by atoms with van der Waals surface area (Å²) in [6, 6.07) is 14.9. The molecule has 0 aliphatic rings. The zero-order chi connectivity index (χ0) is 15.6. The molecule has 0 radical (unpaired) electrons. The van der Waals surface area contributed by atoms with Gasteiger partial charge in [-0.1, -0.05) is 57.2 Å². The van der Waals surface area contributed by atoms with E-state index in [4.69, 9.17) is 0 Å². The van der Waals surface area contributed by atoms with Crippen LogP contribution in [0.4, 0.5) is 0 Å². The molecule has 1 N–H and O–H groups in total. The molecule has 4 aromatic carbocycles. The zero-order valence-corrected chi connectivity index (χ0v) is 14.5. The molecule has 0 aromatic heterocycles. The SMILES string of the molecule is CC(C)(C)c1cc2ccc3cc(O)c(Br)c4ccc(c1)c2c34. The van der Waals surface area contributed by atoms with Crippen LogP contribution in [0.3, 0.4) is 0 Å². The van der Waals surface area contributed by atoms with Crippen molar-refractivity contribution in [2.24, 2.45) is 0 Å². The number of benzene rings is 4. The lowest BCUT2D eigenvalue weighted by atomic mass is 9.83. The van der Waals surface area contributed by atoms with Crippen LogP contribution >= 0.6 is 15.9 Å². The lowest BCUT2D eigenvalue weighted by Gasteiger charge is -2.21. The van der Waals surface area contributed by atoms with Gasteiger partial charge in [0.05, 0.1) is 4.47 Å². The third kappa shape index (κ3) is 1.83. The molecule has 4 aromatic rings. The number of hydrogen-bond acceptors (Lipinski definition) is 1. The van der Waals surface area contributed by atoms with Crippen LogP contribution in [0.15, 0.2) is 46.9 Å². The Bertz CT molecular complexity index is 1010. The topological polar surface area (TPSA) is 20.2 Å². The zero-order valence-electron chi connectivity index (χ0n) is 12.9. The molecule has 4 rings (SSSR count). The molecule has 0 heterocycles. The molecule has 1 nitrogen and oxygen atoms in total. The molecule has 0 saturated carbocycles. The number of phenols is 1. The third-order valence-electron chi connectivity index (χ3n) is 4.50. The molecule has 0 unspecified atom stereocenters. The summed E-state index contributed by atoms with van der Waals surface area (Å²) in [5.74, 6) is 0.293. The molecule has 2 heteroatoms. The van der Waals surface area contributed by atoms with Gasteiger partial charge in [0.2, 0.25) is 0 Å². The fraction of sp³-hybridized carbons (Fsp3) is 0.200. The van der Waals surface area contributed by atoms with E-state index in [-0.39, 0.29) is 5.41 Å². The van der Waals surface area contributed by atoms with Gasteiger partial charge in [0.1, 0.15) is 5.75 Å². The van der Waals surface area contributed by atoms with Gasteiger partial charge in [0, 0.05) is 5.39 Å². The Morgan fingerprint density at radius 3 is 1.95 bits per heavy atom. The van der Waals surface area contributed by atoms with Crippen molar-refractivity contribution in [2.45, 2.75) is 26.2 Å². The second-order valence-corrected chi connectivity index (χ2v) is 7.83. The van der Waals surface area contributed by atoms with Gasteiger partial charge in [-0.25, -0.2) is 0 Å². The molecule has 0 amide bonds. The van der Waals surface area contributed by atoms with Gasteiger partial charge in [0.15, 0.2) is 0 Å². The summed E-state index contributed by atoms with van der Waals surface area (Å²) in [6.07, 6.45) is 0. The average molecular weight is 353 g/mol. The van der Waals surface area contributed by atoms with Crippen LogP contribution in [0.1, 0.15) is 26.3 Å². The van der Waals surface area contributed by atoms with E-state index in [0.29, 0.717) is 5.75 Å². The molecule has 0 spiro atoms. The summed E-state index contributed by atoms with van der Waals surface area (Å²) >= 11 is 3.52. The largest absolute Gasteiger partial charge is 0.507 e. The molecule has 0 fully saturated rings.